The van der Waals surface area contributed by atoms with Crippen LogP contribution >= 0.6 is 11.6 Å². The van der Waals surface area contributed by atoms with Crippen molar-refractivity contribution in [2.45, 2.75) is 12.8 Å². The molecule has 19 heavy (non-hydrogen) atoms. The highest BCUT2D eigenvalue weighted by Crippen LogP contribution is 2.26. The van der Waals surface area contributed by atoms with E-state index in [1.807, 2.05) is 0 Å². The molecule has 0 aliphatic carbocycles. The number of hydrogen-bond acceptors (Lipinski definition) is 3. The molecule has 0 saturated heterocycles. The van der Waals surface area contributed by atoms with Gasteiger partial charge in [0.05, 0.1) is 6.61 Å². The summed E-state index contributed by atoms with van der Waals surface area (Å²) in [5, 5.41) is 11.0. The number of aliphatic hydroxyl groups excluding tert-OH is 1. The molecule has 4 nitrogen and oxygen atoms in total. The van der Waals surface area contributed by atoms with E-state index < -0.39 is 31.8 Å². The van der Waals surface area contributed by atoms with Gasteiger partial charge in [0.25, 0.3) is 5.91 Å². The lowest BCUT2D eigenvalue weighted by Crippen LogP contribution is -2.36. The van der Waals surface area contributed by atoms with Crippen LogP contribution in [-0.2, 0) is 11.4 Å². The number of halogens is 4. The second-order valence-electron chi connectivity index (χ2n) is 3.56. The van der Waals surface area contributed by atoms with E-state index in [1.54, 1.807) is 5.32 Å². The zero-order valence-corrected chi connectivity index (χ0v) is 10.4. The van der Waals surface area contributed by atoms with Crippen molar-refractivity contribution < 1.29 is 27.8 Å². The first kappa shape index (κ1) is 15.6. The van der Waals surface area contributed by atoms with E-state index in [4.69, 9.17) is 21.4 Å². The molecule has 1 rings (SSSR count). The lowest BCUT2D eigenvalue weighted by molar-refractivity contribution is -0.139. The van der Waals surface area contributed by atoms with Gasteiger partial charge in [-0.15, -0.1) is 0 Å². The van der Waals surface area contributed by atoms with Crippen LogP contribution in [0.1, 0.15) is 5.56 Å². The van der Waals surface area contributed by atoms with Crippen molar-refractivity contribution in [3.05, 3.63) is 28.8 Å². The van der Waals surface area contributed by atoms with Crippen LogP contribution in [0.5, 0.6) is 5.75 Å². The summed E-state index contributed by atoms with van der Waals surface area (Å²) in [5.74, 6) is -0.765. The first-order valence-corrected chi connectivity index (χ1v) is 5.56. The Bertz CT molecular complexity index is 451. The molecule has 0 aromatic heterocycles. The quantitative estimate of drug-likeness (QED) is 0.872. The van der Waals surface area contributed by atoms with Crippen molar-refractivity contribution >= 4 is 17.5 Å². The molecule has 0 radical (unpaired) electrons. The monoisotopic (exact) mass is 297 g/mol. The van der Waals surface area contributed by atoms with Crippen LogP contribution in [0.3, 0.4) is 0 Å². The average Bonchev–Trinajstić information content (AvgIpc) is 2.33. The van der Waals surface area contributed by atoms with Crippen molar-refractivity contribution in [1.82, 2.24) is 5.32 Å². The van der Waals surface area contributed by atoms with E-state index in [-0.39, 0.29) is 16.3 Å². The number of carbonyl (C=O) groups excluding carboxylic acids is 1. The zero-order valence-electron chi connectivity index (χ0n) is 9.63. The Kier molecular flexibility index (Phi) is 5.44. The molecule has 106 valence electrons. The molecule has 0 spiro atoms. The molecule has 1 aromatic carbocycles. The average molecular weight is 298 g/mol. The molecule has 0 unspecified atom stereocenters. The maximum Gasteiger partial charge on any atom is 0.405 e. The van der Waals surface area contributed by atoms with Gasteiger partial charge in [0, 0.05) is 10.6 Å². The van der Waals surface area contributed by atoms with Crippen molar-refractivity contribution in [2.24, 2.45) is 0 Å². The Morgan fingerprint density at radius 1 is 1.42 bits per heavy atom. The fourth-order valence-corrected chi connectivity index (χ4v) is 1.45. The second-order valence-corrected chi connectivity index (χ2v) is 3.96. The summed E-state index contributed by atoms with van der Waals surface area (Å²) in [7, 11) is 0. The number of nitrogens with one attached hydrogen (secondary N) is 1. The summed E-state index contributed by atoms with van der Waals surface area (Å²) in [6, 6.07) is 4.50. The molecule has 1 amide bonds. The molecule has 0 saturated carbocycles. The molecule has 0 fully saturated rings. The lowest BCUT2D eigenvalue weighted by Gasteiger charge is -2.12. The minimum atomic E-state index is -4.47. The second kappa shape index (κ2) is 6.63. The van der Waals surface area contributed by atoms with E-state index in [9.17, 15) is 18.0 Å². The van der Waals surface area contributed by atoms with Gasteiger partial charge < -0.3 is 15.2 Å². The van der Waals surface area contributed by atoms with Crippen LogP contribution in [0.2, 0.25) is 5.02 Å². The summed E-state index contributed by atoms with van der Waals surface area (Å²) in [4.78, 5) is 11.1. The number of ether oxygens (including phenoxy) is 1. The number of rotatable bonds is 5. The van der Waals surface area contributed by atoms with E-state index >= 15 is 0 Å². The Hall–Kier alpha value is -1.47. The normalized spacial score (nSPS) is 11.2. The highest BCUT2D eigenvalue weighted by molar-refractivity contribution is 6.31. The van der Waals surface area contributed by atoms with Gasteiger partial charge in [-0.2, -0.15) is 13.2 Å². The minimum absolute atomic E-state index is 0.150. The predicted molar refractivity (Wildman–Crippen MR) is 61.9 cm³/mol. The first-order chi connectivity index (χ1) is 8.83. The molecular weight excluding hydrogens is 287 g/mol. The van der Waals surface area contributed by atoms with Gasteiger partial charge >= 0.3 is 6.18 Å². The van der Waals surface area contributed by atoms with Crippen molar-refractivity contribution in [2.75, 3.05) is 13.2 Å². The third-order valence-electron chi connectivity index (χ3n) is 2.08. The van der Waals surface area contributed by atoms with Gasteiger partial charge in [-0.1, -0.05) is 17.7 Å². The molecule has 0 aliphatic heterocycles. The number of amides is 1. The molecule has 0 atom stereocenters. The third-order valence-corrected chi connectivity index (χ3v) is 2.43. The SMILES string of the molecule is O=C(COc1cccc(Cl)c1CO)NCC(F)(F)F. The van der Waals surface area contributed by atoms with Crippen molar-refractivity contribution in [3.63, 3.8) is 0 Å². The van der Waals surface area contributed by atoms with Crippen LogP contribution in [0.15, 0.2) is 18.2 Å². The molecule has 0 aliphatic rings. The number of aliphatic hydroxyl groups is 1. The maximum atomic E-state index is 11.8. The van der Waals surface area contributed by atoms with Crippen LogP contribution < -0.4 is 10.1 Å². The Morgan fingerprint density at radius 3 is 2.68 bits per heavy atom. The van der Waals surface area contributed by atoms with Crippen LogP contribution in [-0.4, -0.2) is 30.3 Å². The fraction of sp³-hybridized carbons (Fsp3) is 0.364. The molecular formula is C11H11ClF3NO3. The topological polar surface area (TPSA) is 58.6 Å². The fourth-order valence-electron chi connectivity index (χ4n) is 1.22. The van der Waals surface area contributed by atoms with Gasteiger partial charge in [0.2, 0.25) is 0 Å². The maximum absolute atomic E-state index is 11.8. The van der Waals surface area contributed by atoms with E-state index in [0.29, 0.717) is 0 Å². The molecule has 0 bridgehead atoms. The van der Waals surface area contributed by atoms with Crippen LogP contribution in [0.25, 0.3) is 0 Å². The largest absolute Gasteiger partial charge is 0.483 e. The van der Waals surface area contributed by atoms with E-state index in [2.05, 4.69) is 0 Å². The van der Waals surface area contributed by atoms with E-state index in [1.165, 1.54) is 18.2 Å². The molecule has 1 aromatic rings. The first-order valence-electron chi connectivity index (χ1n) is 5.18. The summed E-state index contributed by atoms with van der Waals surface area (Å²) in [6.07, 6.45) is -4.47. The number of carbonyl (C=O) groups is 1. The third kappa shape index (κ3) is 5.35. The molecule has 8 heteroatoms. The van der Waals surface area contributed by atoms with Gasteiger partial charge in [0.1, 0.15) is 12.3 Å². The Balaban J connectivity index is 2.53. The highest BCUT2D eigenvalue weighted by Gasteiger charge is 2.27. The van der Waals surface area contributed by atoms with Gasteiger partial charge in [0.15, 0.2) is 6.61 Å². The lowest BCUT2D eigenvalue weighted by atomic mass is 10.2. The number of alkyl halides is 3. The standard InChI is InChI=1S/C11H11ClF3NO3/c12-8-2-1-3-9(7(8)4-17)19-5-10(18)16-6-11(13,14)15/h1-3,17H,4-6H2,(H,16,18). The Morgan fingerprint density at radius 2 is 2.11 bits per heavy atom. The molecule has 0 heterocycles. The summed E-state index contributed by atoms with van der Waals surface area (Å²) < 4.78 is 40.5. The van der Waals surface area contributed by atoms with Gasteiger partial charge in [-0.3, -0.25) is 4.79 Å². The van der Waals surface area contributed by atoms with Crippen LogP contribution in [0.4, 0.5) is 13.2 Å². The van der Waals surface area contributed by atoms with Crippen molar-refractivity contribution in [1.29, 1.82) is 0 Å². The van der Waals surface area contributed by atoms with Crippen LogP contribution in [0, 0.1) is 0 Å². The van der Waals surface area contributed by atoms with Crippen molar-refractivity contribution in [3.8, 4) is 5.75 Å². The number of hydrogen-bond donors (Lipinski definition) is 2. The smallest absolute Gasteiger partial charge is 0.405 e. The summed E-state index contributed by atoms with van der Waals surface area (Å²) >= 11 is 5.78. The predicted octanol–water partition coefficient (Wildman–Crippen LogP) is 1.89. The Labute approximate surface area is 112 Å². The van der Waals surface area contributed by atoms with E-state index in [0.717, 1.165) is 0 Å². The molecule has 2 N–H and O–H groups in total. The highest BCUT2D eigenvalue weighted by atomic mass is 35.5. The van der Waals surface area contributed by atoms with Gasteiger partial charge in [-0.05, 0) is 12.1 Å². The zero-order chi connectivity index (χ0) is 14.5. The van der Waals surface area contributed by atoms with Gasteiger partial charge in [-0.25, -0.2) is 0 Å². The number of benzene rings is 1. The minimum Gasteiger partial charge on any atom is -0.483 e. The summed E-state index contributed by atoms with van der Waals surface area (Å²) in [6.45, 7) is -2.42. The summed E-state index contributed by atoms with van der Waals surface area (Å²) in [5.41, 5.74) is 0.271.